The van der Waals surface area contributed by atoms with E-state index in [0.717, 1.165) is 15.4 Å². The summed E-state index contributed by atoms with van der Waals surface area (Å²) in [7, 11) is -1.09. The van der Waals surface area contributed by atoms with Crippen LogP contribution in [0.4, 0.5) is 5.69 Å². The van der Waals surface area contributed by atoms with Crippen molar-refractivity contribution in [1.29, 1.82) is 0 Å². The van der Waals surface area contributed by atoms with Gasteiger partial charge in [0.05, 0.1) is 24.8 Å². The summed E-state index contributed by atoms with van der Waals surface area (Å²) in [4.78, 5) is 28.5. The van der Waals surface area contributed by atoms with Gasteiger partial charge in [0, 0.05) is 13.1 Å². The van der Waals surface area contributed by atoms with Gasteiger partial charge in [-0.25, -0.2) is 8.42 Å². The van der Waals surface area contributed by atoms with Crippen molar-refractivity contribution < 1.29 is 27.5 Å². The summed E-state index contributed by atoms with van der Waals surface area (Å²) in [6.45, 7) is 5.54. The summed E-state index contributed by atoms with van der Waals surface area (Å²) in [5.41, 5.74) is 2.06. The highest BCUT2D eigenvalue weighted by molar-refractivity contribution is 7.92. The number of sulfonamides is 1. The number of aryl methyl sites for hydroxylation is 1. The maximum atomic E-state index is 14.0. The van der Waals surface area contributed by atoms with Gasteiger partial charge in [0.25, 0.3) is 10.0 Å². The highest BCUT2D eigenvalue weighted by Crippen LogP contribution is 2.26. The summed E-state index contributed by atoms with van der Waals surface area (Å²) in [6, 6.07) is 19.3. The molecule has 0 saturated carbocycles. The molecule has 0 aliphatic rings. The van der Waals surface area contributed by atoms with E-state index in [-0.39, 0.29) is 17.3 Å². The highest BCUT2D eigenvalue weighted by Gasteiger charge is 2.33. The Morgan fingerprint density at radius 3 is 1.90 bits per heavy atom. The molecule has 0 bridgehead atoms. The third-order valence-corrected chi connectivity index (χ3v) is 8.29. The van der Waals surface area contributed by atoms with Crippen molar-refractivity contribution in [2.45, 2.75) is 44.7 Å². The SMILES string of the molecule is CCNC(=O)[C@@H](CC)N(Cc1ccc(OC)cc1)C(=O)CN(c1ccc(C)cc1)S(=O)(=O)c1ccc(OC)cc1. The van der Waals surface area contributed by atoms with Crippen molar-refractivity contribution in [2.75, 3.05) is 31.6 Å². The second-order valence-electron chi connectivity index (χ2n) is 9.21. The number of rotatable bonds is 13. The van der Waals surface area contributed by atoms with E-state index in [1.807, 2.05) is 26.0 Å². The summed E-state index contributed by atoms with van der Waals surface area (Å²) in [5.74, 6) is 0.363. The van der Waals surface area contributed by atoms with Gasteiger partial charge in [-0.15, -0.1) is 0 Å². The Bertz CT molecular complexity index is 1370. The summed E-state index contributed by atoms with van der Waals surface area (Å²) < 4.78 is 39.3. The molecule has 0 aromatic heterocycles. The van der Waals surface area contributed by atoms with Crippen molar-refractivity contribution in [3.8, 4) is 11.5 Å². The first kappa shape index (κ1) is 30.5. The average molecular weight is 568 g/mol. The van der Waals surface area contributed by atoms with Crippen molar-refractivity contribution in [2.24, 2.45) is 0 Å². The van der Waals surface area contributed by atoms with Crippen LogP contribution < -0.4 is 19.1 Å². The molecule has 0 fully saturated rings. The standard InChI is InChI=1S/C30H37N3O6S/c1-6-28(30(35)31-7-2)32(20-23-10-14-25(38-4)15-11-23)29(34)21-33(24-12-8-22(3)9-13-24)40(36,37)27-18-16-26(39-5)17-19-27/h8-19,28H,6-7,20-21H2,1-5H3,(H,31,35)/t28-/m1/s1. The van der Waals surface area contributed by atoms with E-state index in [4.69, 9.17) is 9.47 Å². The van der Waals surface area contributed by atoms with E-state index < -0.39 is 28.5 Å². The van der Waals surface area contributed by atoms with Gasteiger partial charge in [-0.2, -0.15) is 0 Å². The zero-order valence-corrected chi connectivity index (χ0v) is 24.4. The van der Waals surface area contributed by atoms with Crippen molar-refractivity contribution in [3.63, 3.8) is 0 Å². The summed E-state index contributed by atoms with van der Waals surface area (Å²) >= 11 is 0. The summed E-state index contributed by atoms with van der Waals surface area (Å²) in [6.07, 6.45) is 0.351. The van der Waals surface area contributed by atoms with Crippen LogP contribution in [0.2, 0.25) is 0 Å². The fraction of sp³-hybridized carbons (Fsp3) is 0.333. The molecule has 1 N–H and O–H groups in total. The lowest BCUT2D eigenvalue weighted by molar-refractivity contribution is -0.140. The minimum absolute atomic E-state index is 0.0131. The molecule has 1 atom stereocenters. The molecule has 0 aliphatic heterocycles. The van der Waals surface area contributed by atoms with E-state index in [1.54, 1.807) is 62.6 Å². The predicted octanol–water partition coefficient (Wildman–Crippen LogP) is 4.15. The zero-order chi connectivity index (χ0) is 29.3. The van der Waals surface area contributed by atoms with Crippen LogP contribution in [0.3, 0.4) is 0 Å². The number of nitrogens with zero attached hydrogens (tertiary/aromatic N) is 2. The lowest BCUT2D eigenvalue weighted by Gasteiger charge is -2.33. The average Bonchev–Trinajstić information content (AvgIpc) is 2.96. The number of hydrogen-bond donors (Lipinski definition) is 1. The highest BCUT2D eigenvalue weighted by atomic mass is 32.2. The first-order valence-corrected chi connectivity index (χ1v) is 14.5. The van der Waals surface area contributed by atoms with E-state index in [2.05, 4.69) is 5.32 Å². The molecule has 3 aromatic carbocycles. The maximum Gasteiger partial charge on any atom is 0.264 e. The Balaban J connectivity index is 2.04. The number of likely N-dealkylation sites (N-methyl/N-ethyl adjacent to an activating group) is 1. The van der Waals surface area contributed by atoms with Gasteiger partial charge in [0.15, 0.2) is 0 Å². The quantitative estimate of drug-likeness (QED) is 0.333. The second-order valence-corrected chi connectivity index (χ2v) is 11.1. The Kier molecular flexibility index (Phi) is 10.6. The maximum absolute atomic E-state index is 14.0. The molecule has 2 amide bonds. The fourth-order valence-electron chi connectivity index (χ4n) is 4.25. The lowest BCUT2D eigenvalue weighted by Crippen LogP contribution is -2.52. The van der Waals surface area contributed by atoms with Crippen molar-refractivity contribution in [3.05, 3.63) is 83.9 Å². The predicted molar refractivity (Wildman–Crippen MR) is 155 cm³/mol. The van der Waals surface area contributed by atoms with Gasteiger partial charge < -0.3 is 19.7 Å². The number of hydrogen-bond acceptors (Lipinski definition) is 6. The molecule has 0 aliphatic carbocycles. The van der Waals surface area contributed by atoms with Crippen LogP contribution in [0.25, 0.3) is 0 Å². The molecule has 3 aromatic rings. The van der Waals surface area contributed by atoms with E-state index in [9.17, 15) is 18.0 Å². The Labute approximate surface area is 236 Å². The fourth-order valence-corrected chi connectivity index (χ4v) is 5.67. The molecule has 0 unspecified atom stereocenters. The van der Waals surface area contributed by atoms with Gasteiger partial charge in [-0.3, -0.25) is 13.9 Å². The van der Waals surface area contributed by atoms with Gasteiger partial charge in [-0.1, -0.05) is 36.8 Å². The molecule has 3 rings (SSSR count). The third kappa shape index (κ3) is 7.32. The Morgan fingerprint density at radius 2 is 1.40 bits per heavy atom. The lowest BCUT2D eigenvalue weighted by atomic mass is 10.1. The zero-order valence-electron chi connectivity index (χ0n) is 23.6. The topological polar surface area (TPSA) is 105 Å². The minimum atomic E-state index is -4.15. The number of methoxy groups -OCH3 is 2. The molecule has 9 nitrogen and oxygen atoms in total. The van der Waals surface area contributed by atoms with E-state index >= 15 is 0 Å². The number of anilines is 1. The van der Waals surface area contributed by atoms with Crippen LogP contribution in [-0.4, -0.2) is 58.5 Å². The molecule has 0 saturated heterocycles. The molecular weight excluding hydrogens is 530 g/mol. The van der Waals surface area contributed by atoms with Crippen molar-refractivity contribution in [1.82, 2.24) is 10.2 Å². The smallest absolute Gasteiger partial charge is 0.264 e. The van der Waals surface area contributed by atoms with Gasteiger partial charge in [0.2, 0.25) is 11.8 Å². The van der Waals surface area contributed by atoms with Gasteiger partial charge in [0.1, 0.15) is 24.1 Å². The number of amides is 2. The molecule has 214 valence electrons. The van der Waals surface area contributed by atoms with Crippen LogP contribution >= 0.6 is 0 Å². The third-order valence-electron chi connectivity index (χ3n) is 6.50. The number of benzene rings is 3. The molecular formula is C30H37N3O6S. The normalized spacial score (nSPS) is 11.8. The second kappa shape index (κ2) is 13.8. The van der Waals surface area contributed by atoms with Gasteiger partial charge in [-0.05, 0) is 74.4 Å². The molecule has 0 heterocycles. The molecule has 40 heavy (non-hydrogen) atoms. The van der Waals surface area contributed by atoms with Crippen LogP contribution in [0.1, 0.15) is 31.4 Å². The Hall–Kier alpha value is -4.05. The monoisotopic (exact) mass is 567 g/mol. The minimum Gasteiger partial charge on any atom is -0.497 e. The first-order chi connectivity index (χ1) is 19.1. The number of ether oxygens (including phenoxy) is 2. The Morgan fingerprint density at radius 1 is 0.850 bits per heavy atom. The largest absolute Gasteiger partial charge is 0.497 e. The number of carbonyl (C=O) groups is 2. The molecule has 0 spiro atoms. The van der Waals surface area contributed by atoms with Crippen LogP contribution in [0.5, 0.6) is 11.5 Å². The molecule has 0 radical (unpaired) electrons. The van der Waals surface area contributed by atoms with Crippen LogP contribution in [0.15, 0.2) is 77.7 Å². The van der Waals surface area contributed by atoms with Crippen molar-refractivity contribution >= 4 is 27.5 Å². The number of carbonyl (C=O) groups excluding carboxylic acids is 2. The van der Waals surface area contributed by atoms with Crippen LogP contribution in [-0.2, 0) is 26.2 Å². The molecule has 10 heteroatoms. The summed E-state index contributed by atoms with van der Waals surface area (Å²) in [5, 5.41) is 2.80. The van der Waals surface area contributed by atoms with Crippen LogP contribution in [0, 0.1) is 6.92 Å². The first-order valence-electron chi connectivity index (χ1n) is 13.1. The van der Waals surface area contributed by atoms with Gasteiger partial charge >= 0.3 is 0 Å². The van der Waals surface area contributed by atoms with E-state index in [0.29, 0.717) is 30.2 Å². The van der Waals surface area contributed by atoms with E-state index in [1.165, 1.54) is 24.1 Å². The number of nitrogens with one attached hydrogen (secondary N) is 1.